The molecule has 0 saturated carbocycles. The third kappa shape index (κ3) is 2.29. The van der Waals surface area contributed by atoms with Crippen molar-refractivity contribution in [1.82, 2.24) is 15.0 Å². The lowest BCUT2D eigenvalue weighted by Gasteiger charge is -2.08. The van der Waals surface area contributed by atoms with Crippen LogP contribution < -0.4 is 4.90 Å². The summed E-state index contributed by atoms with van der Waals surface area (Å²) >= 11 is 0. The van der Waals surface area contributed by atoms with E-state index in [4.69, 9.17) is 9.52 Å². The van der Waals surface area contributed by atoms with E-state index in [9.17, 15) is 4.79 Å². The highest BCUT2D eigenvalue weighted by molar-refractivity contribution is 6.00. The molecule has 0 spiro atoms. The van der Waals surface area contributed by atoms with Gasteiger partial charge in [-0.25, -0.2) is 19.7 Å². The first-order chi connectivity index (χ1) is 10.1. The fraction of sp³-hybridized carbons (Fsp3) is 0.143. The molecule has 0 saturated heterocycles. The number of carboxylic acids is 1. The molecule has 7 heteroatoms. The number of oxazole rings is 1. The van der Waals surface area contributed by atoms with Crippen molar-refractivity contribution in [3.63, 3.8) is 0 Å². The molecule has 0 aliphatic rings. The summed E-state index contributed by atoms with van der Waals surface area (Å²) in [6.07, 6.45) is 3.18. The summed E-state index contributed by atoms with van der Waals surface area (Å²) in [4.78, 5) is 25.6. The van der Waals surface area contributed by atoms with E-state index in [1.54, 1.807) is 29.4 Å². The molecular formula is C14H12N4O3. The van der Waals surface area contributed by atoms with Crippen molar-refractivity contribution in [2.45, 2.75) is 0 Å². The Morgan fingerprint density at radius 1 is 1.24 bits per heavy atom. The van der Waals surface area contributed by atoms with Gasteiger partial charge in [-0.15, -0.1) is 0 Å². The number of hydrogen-bond donors (Lipinski definition) is 1. The Hall–Kier alpha value is -2.96. The van der Waals surface area contributed by atoms with E-state index in [1.807, 2.05) is 14.1 Å². The van der Waals surface area contributed by atoms with E-state index in [1.165, 1.54) is 6.07 Å². The summed E-state index contributed by atoms with van der Waals surface area (Å²) in [5.41, 5.74) is 1.41. The third-order valence-electron chi connectivity index (χ3n) is 2.93. The van der Waals surface area contributed by atoms with Crippen LogP contribution in [0.3, 0.4) is 0 Å². The van der Waals surface area contributed by atoms with Crippen molar-refractivity contribution >= 4 is 23.0 Å². The molecule has 0 aliphatic carbocycles. The quantitative estimate of drug-likeness (QED) is 0.786. The zero-order chi connectivity index (χ0) is 15.0. The van der Waals surface area contributed by atoms with Crippen LogP contribution in [0, 0.1) is 0 Å². The van der Waals surface area contributed by atoms with E-state index in [2.05, 4.69) is 15.0 Å². The maximum atomic E-state index is 11.2. The molecule has 0 unspecified atom stereocenters. The molecule has 0 atom stereocenters. The second kappa shape index (κ2) is 4.86. The minimum Gasteiger partial charge on any atom is -0.478 e. The van der Waals surface area contributed by atoms with Crippen molar-refractivity contribution in [2.24, 2.45) is 0 Å². The predicted octanol–water partition coefficient (Wildman–Crippen LogP) is 2.05. The number of hydrogen-bond acceptors (Lipinski definition) is 6. The van der Waals surface area contributed by atoms with Crippen molar-refractivity contribution < 1.29 is 14.3 Å². The first-order valence-electron chi connectivity index (χ1n) is 6.19. The highest BCUT2D eigenvalue weighted by Gasteiger charge is 2.16. The molecule has 1 aromatic carbocycles. The largest absolute Gasteiger partial charge is 0.478 e. The third-order valence-corrected chi connectivity index (χ3v) is 2.93. The van der Waals surface area contributed by atoms with Gasteiger partial charge in [0.05, 0.1) is 5.56 Å². The molecule has 21 heavy (non-hydrogen) atoms. The Kier molecular flexibility index (Phi) is 3.02. The van der Waals surface area contributed by atoms with Gasteiger partial charge in [-0.05, 0) is 12.1 Å². The van der Waals surface area contributed by atoms with Crippen LogP contribution in [0.4, 0.5) is 5.95 Å². The van der Waals surface area contributed by atoms with Gasteiger partial charge in [0.1, 0.15) is 11.1 Å². The van der Waals surface area contributed by atoms with E-state index in [0.717, 1.165) is 0 Å². The summed E-state index contributed by atoms with van der Waals surface area (Å²) in [7, 11) is 3.68. The van der Waals surface area contributed by atoms with Crippen LogP contribution >= 0.6 is 0 Å². The Bertz CT molecular complexity index is 809. The van der Waals surface area contributed by atoms with Gasteiger partial charge < -0.3 is 14.4 Å². The maximum absolute atomic E-state index is 11.2. The Labute approximate surface area is 119 Å². The van der Waals surface area contributed by atoms with Crippen molar-refractivity contribution in [1.29, 1.82) is 0 Å². The average molecular weight is 284 g/mol. The zero-order valence-electron chi connectivity index (χ0n) is 11.4. The van der Waals surface area contributed by atoms with E-state index >= 15 is 0 Å². The van der Waals surface area contributed by atoms with Gasteiger partial charge >= 0.3 is 5.97 Å². The fourth-order valence-corrected chi connectivity index (χ4v) is 1.90. The Morgan fingerprint density at radius 3 is 2.57 bits per heavy atom. The number of carbonyl (C=O) groups is 1. The van der Waals surface area contributed by atoms with E-state index in [0.29, 0.717) is 22.9 Å². The highest BCUT2D eigenvalue weighted by Crippen LogP contribution is 2.26. The molecule has 0 radical (unpaired) electrons. The number of rotatable bonds is 3. The smallest absolute Gasteiger partial charge is 0.339 e. The van der Waals surface area contributed by atoms with Gasteiger partial charge in [-0.1, -0.05) is 6.07 Å². The standard InChI is InChI=1S/C14H12N4O3/c1-18(2)14-15-6-8(7-16-14)12-17-10-5-3-4-9(13(19)20)11(10)21-12/h3-7H,1-2H3,(H,19,20). The summed E-state index contributed by atoms with van der Waals surface area (Å²) in [6, 6.07) is 4.80. The number of para-hydroxylation sites is 1. The predicted molar refractivity (Wildman–Crippen MR) is 76.3 cm³/mol. The van der Waals surface area contributed by atoms with Gasteiger partial charge in [0.15, 0.2) is 5.58 Å². The maximum Gasteiger partial charge on any atom is 0.339 e. The number of fused-ring (bicyclic) bond motifs is 1. The van der Waals surface area contributed by atoms with Gasteiger partial charge in [0.25, 0.3) is 0 Å². The molecular weight excluding hydrogens is 272 g/mol. The number of anilines is 1. The first-order valence-corrected chi connectivity index (χ1v) is 6.19. The molecule has 2 heterocycles. The molecule has 0 fully saturated rings. The van der Waals surface area contributed by atoms with Crippen LogP contribution in [0.2, 0.25) is 0 Å². The number of nitrogens with zero attached hydrogens (tertiary/aromatic N) is 4. The minimum atomic E-state index is -1.05. The van der Waals surface area contributed by atoms with Crippen molar-refractivity contribution in [3.8, 4) is 11.5 Å². The monoisotopic (exact) mass is 284 g/mol. The van der Waals surface area contributed by atoms with Gasteiger partial charge in [0.2, 0.25) is 11.8 Å². The summed E-state index contributed by atoms with van der Waals surface area (Å²) in [5.74, 6) is -0.187. The number of aromatic carboxylic acids is 1. The van der Waals surface area contributed by atoms with Crippen LogP contribution in [0.5, 0.6) is 0 Å². The molecule has 0 amide bonds. The molecule has 2 aromatic heterocycles. The lowest BCUT2D eigenvalue weighted by atomic mass is 10.2. The molecule has 106 valence electrons. The molecule has 7 nitrogen and oxygen atoms in total. The highest BCUT2D eigenvalue weighted by atomic mass is 16.4. The van der Waals surface area contributed by atoms with Crippen LogP contribution in [0.25, 0.3) is 22.6 Å². The summed E-state index contributed by atoms with van der Waals surface area (Å²) < 4.78 is 5.56. The second-order valence-corrected chi connectivity index (χ2v) is 4.64. The lowest BCUT2D eigenvalue weighted by Crippen LogP contribution is -2.12. The summed E-state index contributed by atoms with van der Waals surface area (Å²) in [5, 5.41) is 9.14. The average Bonchev–Trinajstić information content (AvgIpc) is 2.90. The number of aromatic nitrogens is 3. The number of carboxylic acid groups (broad SMARTS) is 1. The lowest BCUT2D eigenvalue weighted by molar-refractivity contribution is 0.0698. The SMILES string of the molecule is CN(C)c1ncc(-c2nc3cccc(C(=O)O)c3o2)cn1. The van der Waals surface area contributed by atoms with Crippen LogP contribution in [-0.2, 0) is 0 Å². The van der Waals surface area contributed by atoms with E-state index < -0.39 is 5.97 Å². The normalized spacial score (nSPS) is 10.8. The van der Waals surface area contributed by atoms with Crippen LogP contribution in [0.1, 0.15) is 10.4 Å². The molecule has 3 rings (SSSR count). The molecule has 0 aliphatic heterocycles. The zero-order valence-corrected chi connectivity index (χ0v) is 11.4. The Balaban J connectivity index is 2.09. The van der Waals surface area contributed by atoms with Gasteiger partial charge in [0, 0.05) is 26.5 Å². The van der Waals surface area contributed by atoms with Crippen LogP contribution in [0.15, 0.2) is 35.0 Å². The first kappa shape index (κ1) is 13.0. The van der Waals surface area contributed by atoms with E-state index in [-0.39, 0.29) is 11.1 Å². The fourth-order valence-electron chi connectivity index (χ4n) is 1.90. The van der Waals surface area contributed by atoms with Crippen molar-refractivity contribution in [2.75, 3.05) is 19.0 Å². The topological polar surface area (TPSA) is 92.4 Å². The number of benzene rings is 1. The molecule has 0 bridgehead atoms. The van der Waals surface area contributed by atoms with Gasteiger partial charge in [-0.3, -0.25) is 0 Å². The van der Waals surface area contributed by atoms with Gasteiger partial charge in [-0.2, -0.15) is 0 Å². The second-order valence-electron chi connectivity index (χ2n) is 4.64. The van der Waals surface area contributed by atoms with Crippen LogP contribution in [-0.4, -0.2) is 40.1 Å². The Morgan fingerprint density at radius 2 is 1.95 bits per heavy atom. The summed E-state index contributed by atoms with van der Waals surface area (Å²) in [6.45, 7) is 0. The van der Waals surface area contributed by atoms with Crippen molar-refractivity contribution in [3.05, 3.63) is 36.2 Å². The molecule has 3 aromatic rings. The molecule has 1 N–H and O–H groups in total. The minimum absolute atomic E-state index is 0.0806.